The predicted molar refractivity (Wildman–Crippen MR) is 73.9 cm³/mol. The minimum Gasteiger partial charge on any atom is -0.493 e. The largest absolute Gasteiger partial charge is 0.493 e. The van der Waals surface area contributed by atoms with Crippen LogP contribution < -0.4 is 20.5 Å². The zero-order chi connectivity index (χ0) is 13.5. The standard InChI is InChI=1S/C12H18N2O3S/c1-16-10-4-3-8(7-11(10)17-2)9(5-6-15)14-12(13)18/h3-4,7,9,15H,5-6H2,1-2H3,(H3,13,14,18)/t9-/m0/s1. The van der Waals surface area contributed by atoms with Crippen molar-refractivity contribution in [2.75, 3.05) is 20.8 Å². The average molecular weight is 270 g/mol. The van der Waals surface area contributed by atoms with Gasteiger partial charge in [-0.1, -0.05) is 6.07 Å². The Bertz CT molecular complexity index is 412. The molecule has 1 atom stereocenters. The van der Waals surface area contributed by atoms with Gasteiger partial charge in [0.15, 0.2) is 16.6 Å². The highest BCUT2D eigenvalue weighted by Crippen LogP contribution is 2.30. The Morgan fingerprint density at radius 2 is 2.06 bits per heavy atom. The Morgan fingerprint density at radius 3 is 2.56 bits per heavy atom. The van der Waals surface area contributed by atoms with Crippen molar-refractivity contribution in [3.05, 3.63) is 23.8 Å². The van der Waals surface area contributed by atoms with Crippen LogP contribution in [-0.2, 0) is 0 Å². The number of benzene rings is 1. The third-order valence-corrected chi connectivity index (χ3v) is 2.66. The van der Waals surface area contributed by atoms with Crippen molar-refractivity contribution in [1.82, 2.24) is 5.32 Å². The fraction of sp³-hybridized carbons (Fsp3) is 0.417. The number of hydrogen-bond acceptors (Lipinski definition) is 4. The first kappa shape index (κ1) is 14.5. The lowest BCUT2D eigenvalue weighted by atomic mass is 10.0. The number of aliphatic hydroxyl groups is 1. The topological polar surface area (TPSA) is 76.7 Å². The van der Waals surface area contributed by atoms with Gasteiger partial charge in [0, 0.05) is 6.61 Å². The first-order chi connectivity index (χ1) is 8.62. The molecule has 0 radical (unpaired) electrons. The van der Waals surface area contributed by atoms with Crippen LogP contribution in [0.4, 0.5) is 0 Å². The number of hydrogen-bond donors (Lipinski definition) is 3. The number of thiocarbonyl (C=S) groups is 1. The van der Waals surface area contributed by atoms with Crippen LogP contribution in [0, 0.1) is 0 Å². The van der Waals surface area contributed by atoms with E-state index in [9.17, 15) is 0 Å². The normalized spacial score (nSPS) is 11.7. The molecule has 0 fully saturated rings. The molecule has 0 aliphatic rings. The van der Waals surface area contributed by atoms with Crippen molar-refractivity contribution in [3.63, 3.8) is 0 Å². The van der Waals surface area contributed by atoms with E-state index in [1.165, 1.54) is 0 Å². The van der Waals surface area contributed by atoms with Gasteiger partial charge >= 0.3 is 0 Å². The molecule has 0 aliphatic carbocycles. The van der Waals surface area contributed by atoms with E-state index in [1.54, 1.807) is 20.3 Å². The van der Waals surface area contributed by atoms with E-state index in [0.29, 0.717) is 17.9 Å². The lowest BCUT2D eigenvalue weighted by Crippen LogP contribution is -2.33. The number of methoxy groups -OCH3 is 2. The van der Waals surface area contributed by atoms with E-state index in [4.69, 9.17) is 32.5 Å². The van der Waals surface area contributed by atoms with Gasteiger partial charge in [0.05, 0.1) is 20.3 Å². The summed E-state index contributed by atoms with van der Waals surface area (Å²) >= 11 is 4.82. The molecular weight excluding hydrogens is 252 g/mol. The van der Waals surface area contributed by atoms with Crippen molar-refractivity contribution in [3.8, 4) is 11.5 Å². The average Bonchev–Trinajstić information content (AvgIpc) is 2.37. The van der Waals surface area contributed by atoms with Crippen LogP contribution >= 0.6 is 12.2 Å². The monoisotopic (exact) mass is 270 g/mol. The fourth-order valence-electron chi connectivity index (χ4n) is 1.69. The van der Waals surface area contributed by atoms with Crippen molar-refractivity contribution in [2.45, 2.75) is 12.5 Å². The quantitative estimate of drug-likeness (QED) is 0.668. The maximum Gasteiger partial charge on any atom is 0.164 e. The third-order valence-electron chi connectivity index (χ3n) is 2.54. The summed E-state index contributed by atoms with van der Waals surface area (Å²) in [5.41, 5.74) is 6.40. The zero-order valence-electron chi connectivity index (χ0n) is 10.5. The summed E-state index contributed by atoms with van der Waals surface area (Å²) in [6, 6.07) is 5.38. The van der Waals surface area contributed by atoms with Gasteiger partial charge in [0.25, 0.3) is 0 Å². The van der Waals surface area contributed by atoms with Crippen LogP contribution in [-0.4, -0.2) is 31.0 Å². The molecule has 5 nitrogen and oxygen atoms in total. The van der Waals surface area contributed by atoms with E-state index >= 15 is 0 Å². The van der Waals surface area contributed by atoms with Crippen LogP contribution in [0.5, 0.6) is 11.5 Å². The second kappa shape index (κ2) is 7.03. The summed E-state index contributed by atoms with van der Waals surface area (Å²) in [4.78, 5) is 0. The highest BCUT2D eigenvalue weighted by Gasteiger charge is 2.14. The van der Waals surface area contributed by atoms with Crippen LogP contribution in [0.25, 0.3) is 0 Å². The first-order valence-corrected chi connectivity index (χ1v) is 5.92. The molecule has 0 bridgehead atoms. The molecule has 0 spiro atoms. The van der Waals surface area contributed by atoms with Gasteiger partial charge < -0.3 is 25.6 Å². The summed E-state index contributed by atoms with van der Waals surface area (Å²) in [5.74, 6) is 1.28. The molecule has 0 saturated heterocycles. The smallest absolute Gasteiger partial charge is 0.164 e. The summed E-state index contributed by atoms with van der Waals surface area (Å²) in [5, 5.41) is 12.2. The second-order valence-electron chi connectivity index (χ2n) is 3.69. The molecule has 1 aromatic carbocycles. The summed E-state index contributed by atoms with van der Waals surface area (Å²) in [6.07, 6.45) is 0.507. The molecule has 1 rings (SSSR count). The van der Waals surface area contributed by atoms with Gasteiger partial charge in [0.1, 0.15) is 0 Å². The van der Waals surface area contributed by atoms with Gasteiger partial charge in [0.2, 0.25) is 0 Å². The maximum absolute atomic E-state index is 9.06. The Kier molecular flexibility index (Phi) is 5.67. The van der Waals surface area contributed by atoms with E-state index < -0.39 is 0 Å². The molecule has 6 heteroatoms. The molecule has 0 saturated carbocycles. The van der Waals surface area contributed by atoms with E-state index in [2.05, 4.69) is 5.32 Å². The van der Waals surface area contributed by atoms with Crippen molar-refractivity contribution in [2.24, 2.45) is 5.73 Å². The van der Waals surface area contributed by atoms with Gasteiger partial charge in [-0.15, -0.1) is 0 Å². The van der Waals surface area contributed by atoms with Crippen molar-refractivity contribution in [1.29, 1.82) is 0 Å². The number of rotatable bonds is 6. The zero-order valence-corrected chi connectivity index (χ0v) is 11.3. The molecule has 0 unspecified atom stereocenters. The molecule has 0 amide bonds. The number of nitrogens with two attached hydrogens (primary N) is 1. The lowest BCUT2D eigenvalue weighted by molar-refractivity contribution is 0.272. The minimum atomic E-state index is -0.146. The van der Waals surface area contributed by atoms with Gasteiger partial charge in [-0.2, -0.15) is 0 Å². The fourth-order valence-corrected chi connectivity index (χ4v) is 1.83. The highest BCUT2D eigenvalue weighted by atomic mass is 32.1. The molecule has 4 N–H and O–H groups in total. The summed E-state index contributed by atoms with van der Waals surface area (Å²) in [6.45, 7) is 0.0363. The summed E-state index contributed by atoms with van der Waals surface area (Å²) < 4.78 is 10.4. The molecular formula is C12H18N2O3S. The number of aliphatic hydroxyl groups excluding tert-OH is 1. The van der Waals surface area contributed by atoms with E-state index in [-0.39, 0.29) is 17.8 Å². The molecule has 1 aromatic rings. The van der Waals surface area contributed by atoms with Crippen LogP contribution in [0.15, 0.2) is 18.2 Å². The van der Waals surface area contributed by atoms with E-state index in [0.717, 1.165) is 5.56 Å². The Hall–Kier alpha value is -1.53. The highest BCUT2D eigenvalue weighted by molar-refractivity contribution is 7.80. The van der Waals surface area contributed by atoms with Crippen LogP contribution in [0.1, 0.15) is 18.0 Å². The van der Waals surface area contributed by atoms with Gasteiger partial charge in [-0.3, -0.25) is 0 Å². The van der Waals surface area contributed by atoms with Gasteiger partial charge in [-0.05, 0) is 36.3 Å². The second-order valence-corrected chi connectivity index (χ2v) is 4.13. The lowest BCUT2D eigenvalue weighted by Gasteiger charge is -2.19. The third kappa shape index (κ3) is 3.75. The molecule has 100 valence electrons. The molecule has 0 heterocycles. The molecule has 0 aromatic heterocycles. The SMILES string of the molecule is COc1ccc([C@H](CCO)NC(N)=S)cc1OC. The van der Waals surface area contributed by atoms with Crippen LogP contribution in [0.3, 0.4) is 0 Å². The minimum absolute atomic E-state index is 0.0363. The van der Waals surface area contributed by atoms with Gasteiger partial charge in [-0.25, -0.2) is 0 Å². The predicted octanol–water partition coefficient (Wildman–Crippen LogP) is 0.961. The molecule has 18 heavy (non-hydrogen) atoms. The van der Waals surface area contributed by atoms with E-state index in [1.807, 2.05) is 12.1 Å². The number of nitrogens with one attached hydrogen (secondary N) is 1. The van der Waals surface area contributed by atoms with Crippen molar-refractivity contribution >= 4 is 17.3 Å². The molecule has 0 aliphatic heterocycles. The Balaban J connectivity index is 3.00. The van der Waals surface area contributed by atoms with Crippen molar-refractivity contribution < 1.29 is 14.6 Å². The first-order valence-electron chi connectivity index (χ1n) is 5.51. The number of ether oxygens (including phenoxy) is 2. The summed E-state index contributed by atoms with van der Waals surface area (Å²) in [7, 11) is 3.15. The Labute approximate surface area is 112 Å². The van der Waals surface area contributed by atoms with Crippen LogP contribution in [0.2, 0.25) is 0 Å². The Morgan fingerprint density at radius 1 is 1.39 bits per heavy atom. The maximum atomic E-state index is 9.06.